The van der Waals surface area contributed by atoms with E-state index in [-0.39, 0.29) is 17.4 Å². The third-order valence-corrected chi connectivity index (χ3v) is 5.56. The van der Waals surface area contributed by atoms with Crippen LogP contribution in [0.3, 0.4) is 0 Å². The van der Waals surface area contributed by atoms with Crippen LogP contribution in [0.25, 0.3) is 0 Å². The quantitative estimate of drug-likeness (QED) is 0.834. The lowest BCUT2D eigenvalue weighted by molar-refractivity contribution is -0.119. The fourth-order valence-corrected chi connectivity index (χ4v) is 3.89. The summed E-state index contributed by atoms with van der Waals surface area (Å²) >= 11 is 1.46. The van der Waals surface area contributed by atoms with E-state index in [0.29, 0.717) is 23.0 Å². The van der Waals surface area contributed by atoms with E-state index in [1.807, 2.05) is 12.1 Å². The van der Waals surface area contributed by atoms with Crippen molar-refractivity contribution in [2.75, 3.05) is 11.1 Å². The normalized spacial score (nSPS) is 16.3. The number of thioether (sulfide) groups is 1. The number of hydrogen-bond acceptors (Lipinski definition) is 4. The molecular weight excluding hydrogens is 334 g/mol. The molecule has 6 heteroatoms. The molecule has 0 radical (unpaired) electrons. The Balaban J connectivity index is 1.66. The zero-order chi connectivity index (χ0) is 17.8. The zero-order valence-corrected chi connectivity index (χ0v) is 15.4. The average Bonchev–Trinajstić information content (AvgIpc) is 2.64. The van der Waals surface area contributed by atoms with Crippen LogP contribution < -0.4 is 10.9 Å². The van der Waals surface area contributed by atoms with Gasteiger partial charge < -0.3 is 5.32 Å². The Hall–Kier alpha value is -2.08. The van der Waals surface area contributed by atoms with Gasteiger partial charge in [-0.2, -0.15) is 0 Å². The number of amides is 1. The van der Waals surface area contributed by atoms with E-state index in [1.54, 1.807) is 17.7 Å². The SMILES string of the molecule is CCCCc1ccc(NC(=O)C2CSc3ncc(C)c(=O)n3C2)cc1. The van der Waals surface area contributed by atoms with Gasteiger partial charge in [0.15, 0.2) is 5.16 Å². The summed E-state index contributed by atoms with van der Waals surface area (Å²) in [6.07, 6.45) is 5.01. The Labute approximate surface area is 151 Å². The van der Waals surface area contributed by atoms with Gasteiger partial charge in [-0.1, -0.05) is 37.2 Å². The third kappa shape index (κ3) is 4.12. The summed E-state index contributed by atoms with van der Waals surface area (Å²) < 4.78 is 1.61. The van der Waals surface area contributed by atoms with E-state index in [9.17, 15) is 9.59 Å². The van der Waals surface area contributed by atoms with Gasteiger partial charge in [0.2, 0.25) is 5.91 Å². The number of fused-ring (bicyclic) bond motifs is 1. The smallest absolute Gasteiger partial charge is 0.257 e. The Kier molecular flexibility index (Phi) is 5.58. The van der Waals surface area contributed by atoms with Crippen LogP contribution in [0.2, 0.25) is 0 Å². The molecule has 1 unspecified atom stereocenters. The van der Waals surface area contributed by atoms with Gasteiger partial charge >= 0.3 is 0 Å². The molecule has 1 N–H and O–H groups in total. The van der Waals surface area contributed by atoms with Crippen molar-refractivity contribution in [2.45, 2.75) is 44.8 Å². The van der Waals surface area contributed by atoms with Gasteiger partial charge in [-0.25, -0.2) is 4.98 Å². The van der Waals surface area contributed by atoms with E-state index in [4.69, 9.17) is 0 Å². The van der Waals surface area contributed by atoms with Crippen molar-refractivity contribution < 1.29 is 4.79 Å². The molecule has 1 aromatic carbocycles. The van der Waals surface area contributed by atoms with Gasteiger partial charge in [0.05, 0.1) is 5.92 Å². The molecule has 1 aromatic heterocycles. The first kappa shape index (κ1) is 17.7. The largest absolute Gasteiger partial charge is 0.326 e. The Morgan fingerprint density at radius 1 is 1.36 bits per heavy atom. The number of rotatable bonds is 5. The Morgan fingerprint density at radius 2 is 2.12 bits per heavy atom. The van der Waals surface area contributed by atoms with E-state index in [1.165, 1.54) is 30.2 Å². The molecular formula is C19H23N3O2S. The van der Waals surface area contributed by atoms with E-state index in [2.05, 4.69) is 29.4 Å². The maximum atomic E-state index is 12.6. The predicted octanol–water partition coefficient (Wildman–Crippen LogP) is 3.25. The fraction of sp³-hybridized carbons (Fsp3) is 0.421. The van der Waals surface area contributed by atoms with Crippen molar-refractivity contribution in [1.82, 2.24) is 9.55 Å². The molecule has 1 aliphatic rings. The van der Waals surface area contributed by atoms with Gasteiger partial charge in [0.1, 0.15) is 0 Å². The van der Waals surface area contributed by atoms with E-state index in [0.717, 1.165) is 12.1 Å². The first-order valence-electron chi connectivity index (χ1n) is 8.67. The Bertz CT molecular complexity index is 814. The summed E-state index contributed by atoms with van der Waals surface area (Å²) in [5.74, 6) is 0.349. The molecule has 0 saturated carbocycles. The number of carbonyl (C=O) groups excluding carboxylic acids is 1. The van der Waals surface area contributed by atoms with Crippen LogP contribution >= 0.6 is 11.8 Å². The molecule has 1 aliphatic heterocycles. The van der Waals surface area contributed by atoms with Crippen molar-refractivity contribution in [3.8, 4) is 0 Å². The van der Waals surface area contributed by atoms with Crippen molar-refractivity contribution in [3.05, 3.63) is 51.9 Å². The maximum Gasteiger partial charge on any atom is 0.257 e. The molecule has 132 valence electrons. The maximum absolute atomic E-state index is 12.6. The van der Waals surface area contributed by atoms with Crippen LogP contribution in [0.1, 0.15) is 30.9 Å². The summed E-state index contributed by atoms with van der Waals surface area (Å²) in [6.45, 7) is 4.31. The molecule has 3 rings (SSSR count). The third-order valence-electron chi connectivity index (χ3n) is 4.41. The first-order chi connectivity index (χ1) is 12.1. The molecule has 2 aromatic rings. The van der Waals surface area contributed by atoms with Crippen molar-refractivity contribution in [1.29, 1.82) is 0 Å². The number of nitrogens with zero attached hydrogens (tertiary/aromatic N) is 2. The topological polar surface area (TPSA) is 64.0 Å². The van der Waals surface area contributed by atoms with Crippen LogP contribution in [0.5, 0.6) is 0 Å². The number of aromatic nitrogens is 2. The van der Waals surface area contributed by atoms with Crippen LogP contribution in [-0.4, -0.2) is 21.2 Å². The van der Waals surface area contributed by atoms with E-state index >= 15 is 0 Å². The summed E-state index contributed by atoms with van der Waals surface area (Å²) in [6, 6.07) is 8.03. The van der Waals surface area contributed by atoms with Gasteiger partial charge in [-0.3, -0.25) is 14.2 Å². The van der Waals surface area contributed by atoms with Crippen molar-refractivity contribution in [3.63, 3.8) is 0 Å². The molecule has 0 bridgehead atoms. The van der Waals surface area contributed by atoms with E-state index < -0.39 is 0 Å². The monoisotopic (exact) mass is 357 g/mol. The minimum Gasteiger partial charge on any atom is -0.326 e. The van der Waals surface area contributed by atoms with Crippen molar-refractivity contribution in [2.24, 2.45) is 5.92 Å². The highest BCUT2D eigenvalue weighted by atomic mass is 32.2. The number of carbonyl (C=O) groups is 1. The minimum absolute atomic E-state index is 0.0483. The molecule has 0 spiro atoms. The standard InChI is InChI=1S/C19H23N3O2S/c1-3-4-5-14-6-8-16(9-7-14)21-17(23)15-11-22-18(24)13(2)10-20-19(22)25-12-15/h6-10,15H,3-5,11-12H2,1-2H3,(H,21,23). The minimum atomic E-state index is -0.237. The lowest BCUT2D eigenvalue weighted by Crippen LogP contribution is -2.37. The van der Waals surface area contributed by atoms with Gasteiger partial charge in [-0.15, -0.1) is 0 Å². The molecule has 25 heavy (non-hydrogen) atoms. The number of unbranched alkanes of at least 4 members (excludes halogenated alkanes) is 1. The van der Waals surface area contributed by atoms with Crippen LogP contribution in [0, 0.1) is 12.8 Å². The lowest BCUT2D eigenvalue weighted by atomic mass is 10.1. The number of hydrogen-bond donors (Lipinski definition) is 1. The fourth-order valence-electron chi connectivity index (χ4n) is 2.84. The lowest BCUT2D eigenvalue weighted by Gasteiger charge is -2.24. The highest BCUT2D eigenvalue weighted by Gasteiger charge is 2.27. The molecule has 0 aliphatic carbocycles. The van der Waals surface area contributed by atoms with Gasteiger partial charge in [-0.05, 0) is 37.5 Å². The summed E-state index contributed by atoms with van der Waals surface area (Å²) in [5, 5.41) is 3.67. The number of nitrogens with one attached hydrogen (secondary N) is 1. The summed E-state index contributed by atoms with van der Waals surface area (Å²) in [4.78, 5) is 29.1. The second kappa shape index (κ2) is 7.87. The number of aryl methyl sites for hydroxylation is 2. The molecule has 0 fully saturated rings. The van der Waals surface area contributed by atoms with Crippen LogP contribution in [-0.2, 0) is 17.8 Å². The Morgan fingerprint density at radius 3 is 2.84 bits per heavy atom. The zero-order valence-electron chi connectivity index (χ0n) is 14.6. The second-order valence-electron chi connectivity index (χ2n) is 6.44. The predicted molar refractivity (Wildman–Crippen MR) is 101 cm³/mol. The van der Waals surface area contributed by atoms with Gasteiger partial charge in [0, 0.05) is 29.7 Å². The summed E-state index contributed by atoms with van der Waals surface area (Å²) in [5.41, 5.74) is 2.63. The number of benzene rings is 1. The molecule has 2 heterocycles. The molecule has 0 saturated heterocycles. The first-order valence-corrected chi connectivity index (χ1v) is 9.66. The van der Waals surface area contributed by atoms with Crippen molar-refractivity contribution >= 4 is 23.4 Å². The molecule has 5 nitrogen and oxygen atoms in total. The average molecular weight is 357 g/mol. The van der Waals surface area contributed by atoms with Crippen LogP contribution in [0.15, 0.2) is 40.4 Å². The highest BCUT2D eigenvalue weighted by molar-refractivity contribution is 7.99. The number of anilines is 1. The highest BCUT2D eigenvalue weighted by Crippen LogP contribution is 2.26. The van der Waals surface area contributed by atoms with Gasteiger partial charge in [0.25, 0.3) is 5.56 Å². The second-order valence-corrected chi connectivity index (χ2v) is 7.42. The summed E-state index contributed by atoms with van der Waals surface area (Å²) in [7, 11) is 0. The van der Waals surface area contributed by atoms with Crippen LogP contribution in [0.4, 0.5) is 5.69 Å². The molecule has 1 amide bonds. The molecule has 1 atom stereocenters.